The molecule has 22 heavy (non-hydrogen) atoms. The number of halogens is 1. The van der Waals surface area contributed by atoms with Crippen molar-refractivity contribution >= 4 is 38.4 Å². The Morgan fingerprint density at radius 3 is 1.64 bits per heavy atom. The smallest absolute Gasteiger partial charge is 0.243 e. The molecule has 0 rings (SSSR count). The molecule has 0 aromatic carbocycles. The molecule has 0 aromatic rings. The van der Waals surface area contributed by atoms with Crippen LogP contribution in [-0.4, -0.2) is 20.0 Å². The van der Waals surface area contributed by atoms with E-state index in [2.05, 4.69) is 34.0 Å². The quantitative estimate of drug-likeness (QED) is 0.141. The SMILES string of the molecule is CC(=N[O-])C(C)=N[O-].CC(N[O-])=C(C)[N+]([O-])=[Rh][Cl].NC(N)=[SH+]. The van der Waals surface area contributed by atoms with Gasteiger partial charge in [0.2, 0.25) is 0 Å². The van der Waals surface area contributed by atoms with Crippen molar-refractivity contribution in [3.05, 3.63) is 32.2 Å². The number of hydrogen-bond acceptors (Lipinski definition) is 7. The zero-order valence-electron chi connectivity index (χ0n) is 12.3. The van der Waals surface area contributed by atoms with Crippen LogP contribution >= 0.6 is 9.69 Å². The topological polar surface area (TPSA) is 184 Å². The third kappa shape index (κ3) is 17.2. The fourth-order valence-electron chi connectivity index (χ4n) is 0.373. The molecule has 0 aliphatic heterocycles. The zero-order valence-corrected chi connectivity index (χ0v) is 15.6. The van der Waals surface area contributed by atoms with Gasteiger partial charge in [0.15, 0.2) is 12.2 Å². The van der Waals surface area contributed by atoms with Gasteiger partial charge in [0.1, 0.15) is 0 Å². The fraction of sp³-hybridized carbons (Fsp3) is 0.444. The Morgan fingerprint density at radius 2 is 1.45 bits per heavy atom. The molecule has 0 aliphatic rings. The number of nitrogens with one attached hydrogen (secondary N) is 1. The van der Waals surface area contributed by atoms with Crippen LogP contribution in [0.2, 0.25) is 0 Å². The van der Waals surface area contributed by atoms with Gasteiger partial charge in [0, 0.05) is 11.4 Å². The van der Waals surface area contributed by atoms with Crippen molar-refractivity contribution in [2.24, 2.45) is 21.8 Å². The van der Waals surface area contributed by atoms with Crippen LogP contribution in [0.4, 0.5) is 0 Å². The zero-order chi connectivity index (χ0) is 18.3. The first-order chi connectivity index (χ1) is 10.1. The normalized spacial score (nSPS) is 13.8. The number of thiol groups is 1. The van der Waals surface area contributed by atoms with Gasteiger partial charge in [-0.3, -0.25) is 0 Å². The monoisotopic (exact) mass is 444 g/mol. The number of allylic oxidation sites excluding steroid dienone is 2. The van der Waals surface area contributed by atoms with Crippen LogP contribution in [0.15, 0.2) is 21.7 Å². The summed E-state index contributed by atoms with van der Waals surface area (Å²) in [6, 6.07) is 0. The molecule has 0 atom stereocenters. The second-order valence-electron chi connectivity index (χ2n) is 3.37. The summed E-state index contributed by atoms with van der Waals surface area (Å²) >= 11 is 2.73. The Balaban J connectivity index is -0.000000269. The van der Waals surface area contributed by atoms with E-state index in [1.165, 1.54) is 20.8 Å². The number of rotatable bonds is 3. The van der Waals surface area contributed by atoms with Gasteiger partial charge in [-0.15, -0.1) is 0 Å². The summed E-state index contributed by atoms with van der Waals surface area (Å²) in [4.78, 5) is 0. The fourth-order valence-corrected chi connectivity index (χ4v) is 1.36. The van der Waals surface area contributed by atoms with Crippen molar-refractivity contribution in [1.82, 2.24) is 5.48 Å². The van der Waals surface area contributed by atoms with Crippen LogP contribution in [0.25, 0.3) is 0 Å². The average molecular weight is 445 g/mol. The van der Waals surface area contributed by atoms with Gasteiger partial charge in [-0.25, -0.2) is 11.5 Å². The van der Waals surface area contributed by atoms with Gasteiger partial charge < -0.3 is 20.7 Å². The third-order valence-corrected chi connectivity index (χ3v) is 3.20. The van der Waals surface area contributed by atoms with E-state index in [-0.39, 0.29) is 16.5 Å². The van der Waals surface area contributed by atoms with E-state index in [0.717, 1.165) is 0 Å². The number of hydrogen-bond donors (Lipinski definition) is 3. The second kappa shape index (κ2) is 16.5. The Labute approximate surface area is 145 Å². The van der Waals surface area contributed by atoms with Gasteiger partial charge in [-0.05, 0) is 13.8 Å². The first-order valence-electron chi connectivity index (χ1n) is 5.25. The summed E-state index contributed by atoms with van der Waals surface area (Å²) in [5.74, 6) is 0. The summed E-state index contributed by atoms with van der Waals surface area (Å²) in [6.45, 7) is 5.93. The van der Waals surface area contributed by atoms with Crippen LogP contribution < -0.4 is 16.9 Å². The molecular weight excluding hydrogens is 427 g/mol. The minimum absolute atomic E-state index is 0.111. The molecule has 0 aromatic heterocycles. The molecule has 5 N–H and O–H groups in total. The molecule has 0 heterocycles. The predicted octanol–water partition coefficient (Wildman–Crippen LogP) is 0.430. The van der Waals surface area contributed by atoms with Crippen molar-refractivity contribution in [2.45, 2.75) is 27.7 Å². The first kappa shape index (κ1) is 26.0. The Bertz CT molecular complexity index is 449. The van der Waals surface area contributed by atoms with Crippen LogP contribution in [0.3, 0.4) is 0 Å². The summed E-state index contributed by atoms with van der Waals surface area (Å²) < 4.78 is 0.600. The molecule has 0 saturated heterocycles. The molecular formula is C9H18ClN6O4RhS-2. The van der Waals surface area contributed by atoms with Crippen molar-refractivity contribution in [1.29, 1.82) is 0 Å². The van der Waals surface area contributed by atoms with Gasteiger partial charge in [0.05, 0.1) is 0 Å². The maximum atomic E-state index is 10.7. The van der Waals surface area contributed by atoms with Crippen molar-refractivity contribution in [2.75, 3.05) is 0 Å². The molecule has 0 bridgehead atoms. The molecule has 0 unspecified atom stereocenters. The Kier molecular flexibility index (Phi) is 19.5. The Morgan fingerprint density at radius 1 is 1.14 bits per heavy atom. The van der Waals surface area contributed by atoms with Gasteiger partial charge in [-0.1, -0.05) is 0 Å². The molecule has 132 valence electrons. The van der Waals surface area contributed by atoms with E-state index in [1.807, 2.05) is 0 Å². The maximum absolute atomic E-state index is 10.7. The molecule has 0 aliphatic carbocycles. The minimum Gasteiger partial charge on any atom is -0.243 e. The van der Waals surface area contributed by atoms with Crippen LogP contribution in [-0.2, 0) is 28.2 Å². The molecule has 10 nitrogen and oxygen atoms in total. The average Bonchev–Trinajstić information content (AvgIpc) is 2.50. The third-order valence-electron chi connectivity index (χ3n) is 1.79. The first-order valence-corrected chi connectivity index (χ1v) is 8.54. The van der Waals surface area contributed by atoms with E-state index in [4.69, 9.17) is 9.69 Å². The molecule has 13 heteroatoms. The van der Waals surface area contributed by atoms with E-state index in [1.54, 1.807) is 12.4 Å². The van der Waals surface area contributed by atoms with Crippen LogP contribution in [0.1, 0.15) is 27.7 Å². The predicted molar refractivity (Wildman–Crippen MR) is 89.5 cm³/mol. The van der Waals surface area contributed by atoms with E-state index in [9.17, 15) is 20.8 Å². The number of nitrogens with two attached hydrogens (primary N) is 2. The van der Waals surface area contributed by atoms with Crippen molar-refractivity contribution < 1.29 is 19.4 Å². The largest absolute Gasteiger partial charge is 0.312 e. The van der Waals surface area contributed by atoms with E-state index < -0.39 is 15.9 Å². The molecule has 0 saturated carbocycles. The molecule has 0 amide bonds. The van der Waals surface area contributed by atoms with Gasteiger partial charge in [-0.2, -0.15) is 0 Å². The summed E-state index contributed by atoms with van der Waals surface area (Å²) in [7, 11) is 5.27. The molecule has 0 radical (unpaired) electrons. The second-order valence-corrected chi connectivity index (χ2v) is 5.50. The summed E-state index contributed by atoms with van der Waals surface area (Å²) in [6.07, 6.45) is 0. The van der Waals surface area contributed by atoms with Crippen LogP contribution in [0.5, 0.6) is 0 Å². The van der Waals surface area contributed by atoms with Crippen molar-refractivity contribution in [3.8, 4) is 0 Å². The Hall–Kier alpha value is -0.877. The molecule has 0 spiro atoms. The standard InChI is InChI=1S/C4H8N2O2.C4H7N2O2.CH4N2S.ClH.Rh/c2*1-3(5-7)4(2)6-8;2-1(3)4;;/h7-8H,1-2H3;5H,1-2H3;(H4,2,3,4);1H;/q;-1;;;+1/p-2. The minimum atomic E-state index is -0.709. The summed E-state index contributed by atoms with van der Waals surface area (Å²) in [5, 5.41) is 45.0. The maximum Gasteiger partial charge on any atom is 0.312 e. The van der Waals surface area contributed by atoms with E-state index >= 15 is 0 Å². The molecule has 0 fully saturated rings. The number of nitrogens with zero attached hydrogens (tertiary/aromatic N) is 3. The number of hydroxylamine groups is 2. The van der Waals surface area contributed by atoms with E-state index in [0.29, 0.717) is 14.8 Å². The van der Waals surface area contributed by atoms with Gasteiger partial charge in [0.25, 0.3) is 0 Å². The van der Waals surface area contributed by atoms with Crippen LogP contribution in [0, 0.1) is 20.8 Å². The summed E-state index contributed by atoms with van der Waals surface area (Å²) in [5.41, 5.74) is 11.9. The van der Waals surface area contributed by atoms with Crippen molar-refractivity contribution in [3.63, 3.8) is 0 Å². The van der Waals surface area contributed by atoms with Gasteiger partial charge >= 0.3 is 75.3 Å².